The summed E-state index contributed by atoms with van der Waals surface area (Å²) in [7, 11) is 0. The molecule has 0 amide bonds. The number of nitrogens with zero attached hydrogens (tertiary/aromatic N) is 6. The Labute approximate surface area is 187 Å². The Morgan fingerprint density at radius 1 is 1.16 bits per heavy atom. The van der Waals surface area contributed by atoms with Crippen molar-refractivity contribution >= 4 is 39.8 Å². The minimum absolute atomic E-state index is 0.191. The van der Waals surface area contributed by atoms with E-state index in [0.717, 1.165) is 78.9 Å². The largest absolute Gasteiger partial charge is 0.377 e. The van der Waals surface area contributed by atoms with Crippen molar-refractivity contribution < 1.29 is 4.74 Å². The number of benzene rings is 1. The van der Waals surface area contributed by atoms with E-state index in [-0.39, 0.29) is 5.54 Å². The molecule has 5 rings (SSSR count). The molecule has 9 heteroatoms. The Kier molecular flexibility index (Phi) is 5.24. The molecule has 2 aromatic heterocycles. The highest BCUT2D eigenvalue weighted by Crippen LogP contribution is 2.33. The average molecular weight is 442 g/mol. The number of halogens is 1. The zero-order valence-electron chi connectivity index (χ0n) is 18.2. The zero-order valence-corrected chi connectivity index (χ0v) is 19.0. The van der Waals surface area contributed by atoms with Gasteiger partial charge in [0.15, 0.2) is 0 Å². The SMILES string of the molecule is CCn1ncc(Nc2ncc3cc(Cl)c(N4CCN(C5(C)COC5)CC4)cc3n2)c1C. The smallest absolute Gasteiger partial charge is 0.227 e. The molecule has 0 saturated carbocycles. The van der Waals surface area contributed by atoms with Crippen molar-refractivity contribution in [3.05, 3.63) is 35.2 Å². The standard InChI is InChI=1S/C22H28ClN7O/c1-4-30-15(2)19(12-25-30)27-21-24-11-16-9-17(23)20(10-18(16)26-21)28-5-7-29(8-6-28)22(3)13-31-14-22/h9-12H,4-8,13-14H2,1-3H3,(H,24,26,27). The van der Waals surface area contributed by atoms with Crippen molar-refractivity contribution in [2.24, 2.45) is 0 Å². The number of ether oxygens (including phenoxy) is 1. The molecule has 164 valence electrons. The maximum atomic E-state index is 6.65. The fraction of sp³-hybridized carbons (Fsp3) is 0.500. The molecule has 1 aromatic carbocycles. The quantitative estimate of drug-likeness (QED) is 0.650. The van der Waals surface area contributed by atoms with Crippen LogP contribution in [0.1, 0.15) is 19.5 Å². The fourth-order valence-corrected chi connectivity index (χ4v) is 4.71. The second-order valence-electron chi connectivity index (χ2n) is 8.60. The van der Waals surface area contributed by atoms with Gasteiger partial charge in [-0.25, -0.2) is 9.97 Å². The van der Waals surface area contributed by atoms with Crippen LogP contribution in [0.5, 0.6) is 0 Å². The molecule has 2 aliphatic heterocycles. The lowest BCUT2D eigenvalue weighted by Crippen LogP contribution is -2.64. The molecule has 3 aromatic rings. The summed E-state index contributed by atoms with van der Waals surface area (Å²) in [5.41, 5.74) is 4.07. The van der Waals surface area contributed by atoms with Crippen LogP contribution in [0.2, 0.25) is 5.02 Å². The predicted octanol–water partition coefficient (Wildman–Crippen LogP) is 3.46. The van der Waals surface area contributed by atoms with Gasteiger partial charge in [0.25, 0.3) is 0 Å². The van der Waals surface area contributed by atoms with E-state index in [1.165, 1.54) is 0 Å². The third-order valence-corrected chi connectivity index (χ3v) is 6.81. The Bertz CT molecular complexity index is 1100. The van der Waals surface area contributed by atoms with Gasteiger partial charge in [0.2, 0.25) is 5.95 Å². The molecule has 0 unspecified atom stereocenters. The van der Waals surface area contributed by atoms with Crippen LogP contribution >= 0.6 is 11.6 Å². The summed E-state index contributed by atoms with van der Waals surface area (Å²) in [6.45, 7) is 12.8. The zero-order chi connectivity index (χ0) is 21.6. The van der Waals surface area contributed by atoms with Gasteiger partial charge < -0.3 is 15.0 Å². The van der Waals surface area contributed by atoms with E-state index in [1.54, 1.807) is 0 Å². The minimum Gasteiger partial charge on any atom is -0.377 e. The van der Waals surface area contributed by atoms with Crippen molar-refractivity contribution in [1.29, 1.82) is 0 Å². The van der Waals surface area contributed by atoms with Gasteiger partial charge in [0, 0.05) is 44.3 Å². The number of hydrogen-bond donors (Lipinski definition) is 1. The van der Waals surface area contributed by atoms with Crippen molar-refractivity contribution in [1.82, 2.24) is 24.6 Å². The highest BCUT2D eigenvalue weighted by molar-refractivity contribution is 6.34. The van der Waals surface area contributed by atoms with Crippen molar-refractivity contribution in [2.75, 3.05) is 49.6 Å². The van der Waals surface area contributed by atoms with E-state index < -0.39 is 0 Å². The second-order valence-corrected chi connectivity index (χ2v) is 9.01. The first-order chi connectivity index (χ1) is 15.0. The van der Waals surface area contributed by atoms with Crippen LogP contribution in [0.15, 0.2) is 24.5 Å². The van der Waals surface area contributed by atoms with E-state index in [2.05, 4.69) is 45.1 Å². The number of aryl methyl sites for hydroxylation is 1. The predicted molar refractivity (Wildman–Crippen MR) is 123 cm³/mol. The van der Waals surface area contributed by atoms with Gasteiger partial charge in [-0.1, -0.05) is 11.6 Å². The third-order valence-electron chi connectivity index (χ3n) is 6.51. The van der Waals surface area contributed by atoms with Crippen LogP contribution in [0, 0.1) is 6.92 Å². The molecule has 31 heavy (non-hydrogen) atoms. The van der Waals surface area contributed by atoms with E-state index in [1.807, 2.05) is 30.1 Å². The second kappa shape index (κ2) is 7.93. The van der Waals surface area contributed by atoms with Crippen LogP contribution < -0.4 is 10.2 Å². The lowest BCUT2D eigenvalue weighted by Gasteiger charge is -2.50. The lowest BCUT2D eigenvalue weighted by molar-refractivity contribution is -0.131. The molecule has 2 aliphatic rings. The topological polar surface area (TPSA) is 71.3 Å². The Morgan fingerprint density at radius 3 is 2.58 bits per heavy atom. The summed E-state index contributed by atoms with van der Waals surface area (Å²) in [5, 5.41) is 9.34. The Balaban J connectivity index is 1.37. The number of piperazine rings is 1. The van der Waals surface area contributed by atoms with Gasteiger partial charge >= 0.3 is 0 Å². The molecule has 8 nitrogen and oxygen atoms in total. The highest BCUT2D eigenvalue weighted by atomic mass is 35.5. The van der Waals surface area contributed by atoms with E-state index in [4.69, 9.17) is 21.3 Å². The number of hydrogen-bond acceptors (Lipinski definition) is 7. The Morgan fingerprint density at radius 2 is 1.94 bits per heavy atom. The average Bonchev–Trinajstić information content (AvgIpc) is 3.11. The molecule has 0 radical (unpaired) electrons. The summed E-state index contributed by atoms with van der Waals surface area (Å²) in [5.74, 6) is 0.558. The van der Waals surface area contributed by atoms with Gasteiger partial charge in [-0.2, -0.15) is 5.10 Å². The third kappa shape index (κ3) is 3.73. The van der Waals surface area contributed by atoms with Crippen LogP contribution in [-0.4, -0.2) is 69.6 Å². The van der Waals surface area contributed by atoms with Crippen molar-refractivity contribution in [3.63, 3.8) is 0 Å². The monoisotopic (exact) mass is 441 g/mol. The first-order valence-corrected chi connectivity index (χ1v) is 11.2. The maximum Gasteiger partial charge on any atom is 0.227 e. The maximum absolute atomic E-state index is 6.65. The molecule has 0 aliphatic carbocycles. The summed E-state index contributed by atoms with van der Waals surface area (Å²) >= 11 is 6.65. The number of nitrogens with one attached hydrogen (secondary N) is 1. The first-order valence-electron chi connectivity index (χ1n) is 10.8. The molecule has 2 saturated heterocycles. The molecule has 4 heterocycles. The van der Waals surface area contributed by atoms with Crippen molar-refractivity contribution in [2.45, 2.75) is 32.9 Å². The molecule has 0 atom stereocenters. The van der Waals surface area contributed by atoms with Crippen LogP contribution in [-0.2, 0) is 11.3 Å². The summed E-state index contributed by atoms with van der Waals surface area (Å²) in [4.78, 5) is 14.1. The van der Waals surface area contributed by atoms with E-state index in [9.17, 15) is 0 Å². The van der Waals surface area contributed by atoms with Crippen LogP contribution in [0.4, 0.5) is 17.3 Å². The van der Waals surface area contributed by atoms with Gasteiger partial charge in [-0.3, -0.25) is 9.58 Å². The Hall–Kier alpha value is -2.42. The molecular formula is C22H28ClN7O. The number of fused-ring (bicyclic) bond motifs is 1. The minimum atomic E-state index is 0.191. The number of aromatic nitrogens is 4. The highest BCUT2D eigenvalue weighted by Gasteiger charge is 2.40. The molecule has 0 bridgehead atoms. The van der Waals surface area contributed by atoms with Gasteiger partial charge in [0.05, 0.1) is 52.6 Å². The normalized spacial score (nSPS) is 18.9. The van der Waals surface area contributed by atoms with Gasteiger partial charge in [0.1, 0.15) is 0 Å². The molecule has 2 fully saturated rings. The van der Waals surface area contributed by atoms with E-state index in [0.29, 0.717) is 5.95 Å². The summed E-state index contributed by atoms with van der Waals surface area (Å²) in [6.07, 6.45) is 3.63. The summed E-state index contributed by atoms with van der Waals surface area (Å²) in [6, 6.07) is 4.04. The summed E-state index contributed by atoms with van der Waals surface area (Å²) < 4.78 is 7.38. The van der Waals surface area contributed by atoms with Gasteiger partial charge in [-0.15, -0.1) is 0 Å². The van der Waals surface area contributed by atoms with Crippen molar-refractivity contribution in [3.8, 4) is 0 Å². The molecule has 1 N–H and O–H groups in total. The molecule has 0 spiro atoms. The van der Waals surface area contributed by atoms with Crippen LogP contribution in [0.25, 0.3) is 10.9 Å². The van der Waals surface area contributed by atoms with E-state index >= 15 is 0 Å². The first kappa shape index (κ1) is 20.5. The number of anilines is 3. The lowest BCUT2D eigenvalue weighted by atomic mass is 9.97. The molecular weight excluding hydrogens is 414 g/mol. The van der Waals surface area contributed by atoms with Crippen LogP contribution in [0.3, 0.4) is 0 Å². The van der Waals surface area contributed by atoms with Gasteiger partial charge in [-0.05, 0) is 32.9 Å². The number of rotatable bonds is 5. The fourth-order valence-electron chi connectivity index (χ4n) is 4.42.